The van der Waals surface area contributed by atoms with Gasteiger partial charge >= 0.3 is 0 Å². The standard InChI is InChI=1S/C20H23N3O3.C6H6FN/c1-14-13-21-19-6-5-15(11-20(19)22-14)23(7-4-8-24)16-9-17(25-2)12-18(10-16)26-3;1-5-3-2-4-8-6(5)7/h5-6,9-13,24H,4,7-8H2,1-3H3;2-4H,1H3. The average molecular weight is 465 g/mol. The van der Waals surface area contributed by atoms with Gasteiger partial charge in [0.15, 0.2) is 0 Å². The molecule has 0 radical (unpaired) electrons. The number of methoxy groups -OCH3 is 2. The Balaban J connectivity index is 0.000000343. The van der Waals surface area contributed by atoms with Gasteiger partial charge in [-0.2, -0.15) is 4.39 Å². The van der Waals surface area contributed by atoms with E-state index in [1.165, 1.54) is 6.20 Å². The first-order valence-electron chi connectivity index (χ1n) is 10.9. The highest BCUT2D eigenvalue weighted by atomic mass is 19.1. The average Bonchev–Trinajstić information content (AvgIpc) is 2.86. The maximum absolute atomic E-state index is 12.2. The van der Waals surface area contributed by atoms with Gasteiger partial charge in [0, 0.05) is 60.7 Å². The van der Waals surface area contributed by atoms with Gasteiger partial charge in [-0.3, -0.25) is 4.98 Å². The molecule has 4 aromatic rings. The highest BCUT2D eigenvalue weighted by Gasteiger charge is 2.13. The molecule has 0 amide bonds. The van der Waals surface area contributed by atoms with Crippen molar-refractivity contribution in [1.82, 2.24) is 15.0 Å². The lowest BCUT2D eigenvalue weighted by Gasteiger charge is -2.26. The normalized spacial score (nSPS) is 10.4. The van der Waals surface area contributed by atoms with Gasteiger partial charge in [-0.05, 0) is 44.5 Å². The maximum atomic E-state index is 12.2. The second-order valence-electron chi connectivity index (χ2n) is 7.60. The van der Waals surface area contributed by atoms with Gasteiger partial charge in [-0.15, -0.1) is 0 Å². The molecular weight excluding hydrogens is 435 g/mol. The van der Waals surface area contributed by atoms with E-state index in [0.29, 0.717) is 30.0 Å². The first-order valence-corrected chi connectivity index (χ1v) is 10.9. The van der Waals surface area contributed by atoms with Crippen LogP contribution in [0.15, 0.2) is 60.9 Å². The summed E-state index contributed by atoms with van der Waals surface area (Å²) in [7, 11) is 3.26. The molecule has 0 aliphatic rings. The summed E-state index contributed by atoms with van der Waals surface area (Å²) in [6.07, 6.45) is 3.83. The Bertz CT molecular complexity index is 1190. The molecular formula is C26H29FN4O3. The van der Waals surface area contributed by atoms with Crippen molar-refractivity contribution in [1.29, 1.82) is 0 Å². The molecule has 0 saturated heterocycles. The molecule has 4 rings (SSSR count). The third-order valence-corrected chi connectivity index (χ3v) is 5.09. The monoisotopic (exact) mass is 464 g/mol. The van der Waals surface area contributed by atoms with Gasteiger partial charge in [-0.1, -0.05) is 6.07 Å². The lowest BCUT2D eigenvalue weighted by Crippen LogP contribution is -2.19. The summed E-state index contributed by atoms with van der Waals surface area (Å²) in [6, 6.07) is 15.1. The number of aryl methyl sites for hydroxylation is 2. The van der Waals surface area contributed by atoms with E-state index in [1.54, 1.807) is 39.5 Å². The molecule has 0 atom stereocenters. The van der Waals surface area contributed by atoms with Crippen molar-refractivity contribution >= 4 is 22.4 Å². The molecule has 178 valence electrons. The number of aliphatic hydroxyl groups is 1. The fourth-order valence-corrected chi connectivity index (χ4v) is 3.31. The summed E-state index contributed by atoms with van der Waals surface area (Å²) < 4.78 is 23.0. The zero-order valence-electron chi connectivity index (χ0n) is 19.8. The molecule has 8 heteroatoms. The molecule has 2 heterocycles. The molecule has 0 unspecified atom stereocenters. The van der Waals surface area contributed by atoms with Gasteiger partial charge in [0.2, 0.25) is 5.95 Å². The number of rotatable bonds is 7. The topological polar surface area (TPSA) is 80.6 Å². The van der Waals surface area contributed by atoms with E-state index < -0.39 is 0 Å². The van der Waals surface area contributed by atoms with Crippen LogP contribution in [-0.2, 0) is 0 Å². The Morgan fingerprint density at radius 1 is 0.912 bits per heavy atom. The largest absolute Gasteiger partial charge is 0.497 e. The van der Waals surface area contributed by atoms with Crippen LogP contribution in [0, 0.1) is 19.8 Å². The number of hydrogen-bond donors (Lipinski definition) is 1. The van der Waals surface area contributed by atoms with Gasteiger partial charge in [0.1, 0.15) is 11.5 Å². The molecule has 34 heavy (non-hydrogen) atoms. The minimum absolute atomic E-state index is 0.115. The number of anilines is 2. The second-order valence-corrected chi connectivity index (χ2v) is 7.60. The first-order chi connectivity index (χ1) is 16.4. The predicted molar refractivity (Wildman–Crippen MR) is 131 cm³/mol. The zero-order chi connectivity index (χ0) is 24.5. The van der Waals surface area contributed by atoms with Crippen molar-refractivity contribution in [2.45, 2.75) is 20.3 Å². The van der Waals surface area contributed by atoms with E-state index in [1.807, 2.05) is 43.3 Å². The second kappa shape index (κ2) is 11.9. The van der Waals surface area contributed by atoms with E-state index in [0.717, 1.165) is 28.1 Å². The predicted octanol–water partition coefficient (Wildman–Crippen LogP) is 5.01. The van der Waals surface area contributed by atoms with Crippen LogP contribution in [0.2, 0.25) is 0 Å². The summed E-state index contributed by atoms with van der Waals surface area (Å²) in [4.78, 5) is 14.5. The molecule has 7 nitrogen and oxygen atoms in total. The smallest absolute Gasteiger partial charge is 0.215 e. The van der Waals surface area contributed by atoms with Gasteiger partial charge in [0.25, 0.3) is 0 Å². The van der Waals surface area contributed by atoms with Gasteiger partial charge in [0.05, 0.1) is 30.9 Å². The molecule has 2 aromatic carbocycles. The molecule has 0 aliphatic carbocycles. The molecule has 1 N–H and O–H groups in total. The van der Waals surface area contributed by atoms with Crippen LogP contribution in [0.1, 0.15) is 17.7 Å². The minimum atomic E-state index is -0.382. The van der Waals surface area contributed by atoms with Crippen LogP contribution in [0.25, 0.3) is 11.0 Å². The fourth-order valence-electron chi connectivity index (χ4n) is 3.31. The minimum Gasteiger partial charge on any atom is -0.497 e. The van der Waals surface area contributed by atoms with E-state index in [4.69, 9.17) is 9.47 Å². The maximum Gasteiger partial charge on any atom is 0.215 e. The van der Waals surface area contributed by atoms with E-state index in [-0.39, 0.29) is 12.6 Å². The first kappa shape index (κ1) is 24.9. The molecule has 0 fully saturated rings. The summed E-state index contributed by atoms with van der Waals surface area (Å²) >= 11 is 0. The van der Waals surface area contributed by atoms with Crippen LogP contribution >= 0.6 is 0 Å². The van der Waals surface area contributed by atoms with Crippen LogP contribution in [0.5, 0.6) is 11.5 Å². The van der Waals surface area contributed by atoms with E-state index in [2.05, 4.69) is 19.9 Å². The third kappa shape index (κ3) is 6.39. The molecule has 0 bridgehead atoms. The van der Waals surface area contributed by atoms with Crippen LogP contribution < -0.4 is 14.4 Å². The Hall–Kier alpha value is -3.78. The van der Waals surface area contributed by atoms with Crippen molar-refractivity contribution < 1.29 is 19.0 Å². The summed E-state index contributed by atoms with van der Waals surface area (Å²) in [6.45, 7) is 4.37. The Morgan fingerprint density at radius 3 is 2.24 bits per heavy atom. The summed E-state index contributed by atoms with van der Waals surface area (Å²) in [5.74, 6) is 1.04. The number of hydrogen-bond acceptors (Lipinski definition) is 7. The molecule has 0 aliphatic heterocycles. The summed E-state index contributed by atoms with van der Waals surface area (Å²) in [5, 5.41) is 9.32. The molecule has 0 spiro atoms. The van der Waals surface area contributed by atoms with E-state index in [9.17, 15) is 9.50 Å². The van der Waals surface area contributed by atoms with Crippen molar-refractivity contribution in [2.24, 2.45) is 0 Å². The zero-order valence-corrected chi connectivity index (χ0v) is 19.8. The van der Waals surface area contributed by atoms with Crippen LogP contribution in [0.4, 0.5) is 15.8 Å². The Morgan fingerprint density at radius 2 is 1.65 bits per heavy atom. The lowest BCUT2D eigenvalue weighted by molar-refractivity contribution is 0.291. The quantitative estimate of drug-likeness (QED) is 0.385. The lowest BCUT2D eigenvalue weighted by atomic mass is 10.2. The number of aromatic nitrogens is 3. The number of nitrogens with zero attached hydrogens (tertiary/aromatic N) is 4. The number of aliphatic hydroxyl groups excluding tert-OH is 1. The van der Waals surface area contributed by atoms with Crippen molar-refractivity contribution in [2.75, 3.05) is 32.3 Å². The number of ether oxygens (including phenoxy) is 2. The van der Waals surface area contributed by atoms with Crippen molar-refractivity contribution in [3.8, 4) is 11.5 Å². The van der Waals surface area contributed by atoms with Crippen molar-refractivity contribution in [3.63, 3.8) is 0 Å². The Kier molecular flexibility index (Phi) is 8.70. The van der Waals surface area contributed by atoms with Crippen molar-refractivity contribution in [3.05, 3.63) is 78.1 Å². The number of benzene rings is 2. The van der Waals surface area contributed by atoms with Gasteiger partial charge in [-0.25, -0.2) is 9.97 Å². The highest BCUT2D eigenvalue weighted by Crippen LogP contribution is 2.34. The SMILES string of the molecule is COc1cc(OC)cc(N(CCCO)c2ccc3ncc(C)nc3c2)c1.Cc1cccnc1F. The third-order valence-electron chi connectivity index (χ3n) is 5.09. The van der Waals surface area contributed by atoms with Crippen LogP contribution in [0.3, 0.4) is 0 Å². The fraction of sp³-hybridized carbons (Fsp3) is 0.269. The molecule has 2 aromatic heterocycles. The molecule has 0 saturated carbocycles. The van der Waals surface area contributed by atoms with E-state index >= 15 is 0 Å². The van der Waals surface area contributed by atoms with Crippen LogP contribution in [-0.4, -0.2) is 47.4 Å². The summed E-state index contributed by atoms with van der Waals surface area (Å²) in [5.41, 5.74) is 5.05. The number of fused-ring (bicyclic) bond motifs is 1. The number of halogens is 1. The number of pyridine rings is 1. The van der Waals surface area contributed by atoms with Gasteiger partial charge < -0.3 is 19.5 Å². The highest BCUT2D eigenvalue weighted by molar-refractivity contribution is 5.81. The Labute approximate surface area is 198 Å².